The predicted molar refractivity (Wildman–Crippen MR) is 153 cm³/mol. The molecule has 0 radical (unpaired) electrons. The molecule has 2 saturated heterocycles. The fourth-order valence-electron chi connectivity index (χ4n) is 6.78. The van der Waals surface area contributed by atoms with Gasteiger partial charge in [-0.15, -0.1) is 0 Å². The zero-order valence-electron chi connectivity index (χ0n) is 23.4. The molecule has 4 heterocycles. The number of rotatable bonds is 5. The van der Waals surface area contributed by atoms with Gasteiger partial charge in [-0.2, -0.15) is 5.10 Å². The lowest BCUT2D eigenvalue weighted by molar-refractivity contribution is 0.0896. The number of likely N-dealkylation sites (tertiary alicyclic amines) is 2. The molecule has 6 rings (SSSR count). The van der Waals surface area contributed by atoms with Gasteiger partial charge < -0.3 is 16.0 Å². The number of nitrogens with zero attached hydrogens (tertiary/aromatic N) is 6. The molecule has 206 valence electrons. The molecule has 0 spiro atoms. The van der Waals surface area contributed by atoms with E-state index in [2.05, 4.69) is 56.2 Å². The molecule has 3 N–H and O–H groups in total. The summed E-state index contributed by atoms with van der Waals surface area (Å²) in [5.41, 5.74) is 11.6. The number of nitrogen functional groups attached to an aromatic ring is 1. The Morgan fingerprint density at radius 3 is 2.51 bits per heavy atom. The van der Waals surface area contributed by atoms with E-state index in [4.69, 9.17) is 5.73 Å². The van der Waals surface area contributed by atoms with Crippen molar-refractivity contribution in [1.82, 2.24) is 29.5 Å². The molecule has 1 amide bonds. The van der Waals surface area contributed by atoms with Crippen LogP contribution in [0.5, 0.6) is 0 Å². The van der Waals surface area contributed by atoms with Crippen molar-refractivity contribution in [3.05, 3.63) is 52.8 Å². The summed E-state index contributed by atoms with van der Waals surface area (Å²) in [6.07, 6.45) is 9.15. The number of carbonyl (C=O) groups excluding carboxylic acids is 1. The zero-order chi connectivity index (χ0) is 27.1. The number of anilines is 2. The van der Waals surface area contributed by atoms with Crippen molar-refractivity contribution in [3.8, 4) is 11.4 Å². The average molecular weight is 529 g/mol. The maximum Gasteiger partial charge on any atom is 0.276 e. The van der Waals surface area contributed by atoms with Crippen LogP contribution in [0.2, 0.25) is 0 Å². The highest BCUT2D eigenvalue weighted by molar-refractivity contribution is 6.05. The first kappa shape index (κ1) is 26.0. The van der Waals surface area contributed by atoms with E-state index in [0.717, 1.165) is 53.9 Å². The minimum Gasteiger partial charge on any atom is -0.368 e. The second-order valence-electron chi connectivity index (χ2n) is 12.1. The molecule has 0 atom stereocenters. The predicted octanol–water partition coefficient (Wildman–Crippen LogP) is 4.00. The van der Waals surface area contributed by atoms with E-state index in [0.29, 0.717) is 12.1 Å². The Morgan fingerprint density at radius 1 is 1.08 bits per heavy atom. The maximum absolute atomic E-state index is 13.5. The number of amides is 1. The van der Waals surface area contributed by atoms with E-state index < -0.39 is 0 Å². The van der Waals surface area contributed by atoms with E-state index in [1.165, 1.54) is 50.8 Å². The lowest BCUT2D eigenvalue weighted by Crippen LogP contribution is -2.46. The molecular weight excluding hydrogens is 488 g/mol. The van der Waals surface area contributed by atoms with Gasteiger partial charge in [0.05, 0.1) is 11.4 Å². The van der Waals surface area contributed by atoms with Crippen molar-refractivity contribution in [2.24, 2.45) is 7.05 Å². The summed E-state index contributed by atoms with van der Waals surface area (Å²) in [6, 6.07) is 9.01. The molecule has 3 aromatic rings. The van der Waals surface area contributed by atoms with Gasteiger partial charge in [0.25, 0.3) is 5.91 Å². The van der Waals surface area contributed by atoms with Crippen LogP contribution in [-0.4, -0.2) is 67.7 Å². The third kappa shape index (κ3) is 5.17. The summed E-state index contributed by atoms with van der Waals surface area (Å²) in [7, 11) is 1.85. The molecule has 2 aliphatic heterocycles. The monoisotopic (exact) mass is 528 g/mol. The lowest BCUT2D eigenvalue weighted by Gasteiger charge is -2.40. The molecule has 9 nitrogen and oxygen atoms in total. The molecule has 0 unspecified atom stereocenters. The average Bonchev–Trinajstić information content (AvgIpc) is 3.30. The summed E-state index contributed by atoms with van der Waals surface area (Å²) in [5, 5.41) is 7.72. The van der Waals surface area contributed by atoms with Gasteiger partial charge in [0.1, 0.15) is 0 Å². The summed E-state index contributed by atoms with van der Waals surface area (Å²) in [6.45, 7) is 10.1. The normalized spacial score (nSPS) is 19.9. The van der Waals surface area contributed by atoms with Crippen molar-refractivity contribution in [2.75, 3.05) is 37.2 Å². The van der Waals surface area contributed by atoms with Crippen LogP contribution in [-0.2, 0) is 25.4 Å². The van der Waals surface area contributed by atoms with Crippen LogP contribution in [0.25, 0.3) is 11.4 Å². The first-order chi connectivity index (χ1) is 18.8. The minimum absolute atomic E-state index is 0.210. The van der Waals surface area contributed by atoms with Crippen LogP contribution in [0.1, 0.15) is 73.1 Å². The van der Waals surface area contributed by atoms with Crippen LogP contribution in [0.15, 0.2) is 30.5 Å². The number of hydrogen-bond acceptors (Lipinski definition) is 7. The summed E-state index contributed by atoms with van der Waals surface area (Å²) < 4.78 is 1.74. The van der Waals surface area contributed by atoms with Gasteiger partial charge in [0, 0.05) is 37.1 Å². The number of nitrogens with one attached hydrogen (secondary N) is 1. The highest BCUT2D eigenvalue weighted by Gasteiger charge is 2.39. The lowest BCUT2D eigenvalue weighted by atomic mass is 9.73. The SMILES string of the molecule is Cn1nc(C(=O)Nc2ccc(CN3CCC(N4CCCCC4)CC3)cc2)c2c1-c1nc(N)ncc1CC2(C)C. The molecule has 39 heavy (non-hydrogen) atoms. The van der Waals surface area contributed by atoms with Gasteiger partial charge in [-0.05, 0) is 87.0 Å². The molecule has 1 aromatic carbocycles. The summed E-state index contributed by atoms with van der Waals surface area (Å²) in [5.74, 6) is 0.0102. The Balaban J connectivity index is 1.12. The quantitative estimate of drug-likeness (QED) is 0.516. The molecule has 2 aromatic heterocycles. The number of aryl methyl sites for hydroxylation is 1. The van der Waals surface area contributed by atoms with Crippen LogP contribution in [0, 0.1) is 0 Å². The molecule has 9 heteroatoms. The van der Waals surface area contributed by atoms with E-state index in [-0.39, 0.29) is 17.3 Å². The van der Waals surface area contributed by atoms with Crippen molar-refractivity contribution in [1.29, 1.82) is 0 Å². The fourth-order valence-corrected chi connectivity index (χ4v) is 6.78. The molecule has 0 saturated carbocycles. The number of hydrogen-bond donors (Lipinski definition) is 2. The highest BCUT2D eigenvalue weighted by atomic mass is 16.2. The first-order valence-corrected chi connectivity index (χ1v) is 14.3. The molecule has 2 fully saturated rings. The number of piperidine rings is 2. The van der Waals surface area contributed by atoms with Crippen molar-refractivity contribution in [2.45, 2.75) is 70.4 Å². The van der Waals surface area contributed by atoms with E-state index in [1.807, 2.05) is 19.2 Å². The highest BCUT2D eigenvalue weighted by Crippen LogP contribution is 2.43. The summed E-state index contributed by atoms with van der Waals surface area (Å²) in [4.78, 5) is 27.4. The van der Waals surface area contributed by atoms with Gasteiger partial charge >= 0.3 is 0 Å². The van der Waals surface area contributed by atoms with E-state index in [1.54, 1.807) is 10.9 Å². The van der Waals surface area contributed by atoms with Crippen molar-refractivity contribution in [3.63, 3.8) is 0 Å². The van der Waals surface area contributed by atoms with Crippen LogP contribution in [0.3, 0.4) is 0 Å². The zero-order valence-corrected chi connectivity index (χ0v) is 23.4. The second-order valence-corrected chi connectivity index (χ2v) is 12.1. The Labute approximate surface area is 230 Å². The van der Waals surface area contributed by atoms with Gasteiger partial charge in [0.2, 0.25) is 5.95 Å². The number of aromatic nitrogens is 4. The molecule has 3 aliphatic rings. The Kier molecular flexibility index (Phi) is 6.89. The topological polar surface area (TPSA) is 105 Å². The Hall–Kier alpha value is -3.30. The third-order valence-electron chi connectivity index (χ3n) is 8.76. The number of benzene rings is 1. The second kappa shape index (κ2) is 10.4. The first-order valence-electron chi connectivity index (χ1n) is 14.3. The number of carbonyl (C=O) groups is 1. The Morgan fingerprint density at radius 2 is 1.79 bits per heavy atom. The third-order valence-corrected chi connectivity index (χ3v) is 8.76. The smallest absolute Gasteiger partial charge is 0.276 e. The fraction of sp³-hybridized carbons (Fsp3) is 0.533. The molecule has 0 bridgehead atoms. The largest absolute Gasteiger partial charge is 0.368 e. The summed E-state index contributed by atoms with van der Waals surface area (Å²) >= 11 is 0. The van der Waals surface area contributed by atoms with E-state index in [9.17, 15) is 4.79 Å². The van der Waals surface area contributed by atoms with Crippen molar-refractivity contribution < 1.29 is 4.79 Å². The maximum atomic E-state index is 13.5. The van der Waals surface area contributed by atoms with Crippen molar-refractivity contribution >= 4 is 17.5 Å². The van der Waals surface area contributed by atoms with Gasteiger partial charge in [-0.25, -0.2) is 9.97 Å². The molecular formula is C30H40N8O. The van der Waals surface area contributed by atoms with Crippen LogP contribution in [0.4, 0.5) is 11.6 Å². The van der Waals surface area contributed by atoms with E-state index >= 15 is 0 Å². The van der Waals surface area contributed by atoms with Gasteiger partial charge in [-0.1, -0.05) is 32.4 Å². The van der Waals surface area contributed by atoms with Gasteiger partial charge in [-0.3, -0.25) is 14.4 Å². The van der Waals surface area contributed by atoms with Crippen LogP contribution >= 0.6 is 0 Å². The van der Waals surface area contributed by atoms with Crippen LogP contribution < -0.4 is 11.1 Å². The number of nitrogens with two attached hydrogens (primary N) is 1. The number of fused-ring (bicyclic) bond motifs is 3. The molecule has 1 aliphatic carbocycles. The Bertz CT molecular complexity index is 1350. The minimum atomic E-state index is -0.298. The standard InChI is InChI=1S/C30H40N8O/c1-30(2)17-21-18-32-29(31)34-25(21)27-24(30)26(35-36(27)3)28(39)33-22-9-7-20(8-10-22)19-37-15-11-23(12-16-37)38-13-5-4-6-14-38/h7-10,18,23H,4-6,11-17,19H2,1-3H3,(H,33,39)(H2,31,32,34). The van der Waals surface area contributed by atoms with Gasteiger partial charge in [0.15, 0.2) is 5.69 Å².